The third-order valence-electron chi connectivity index (χ3n) is 5.72. The fourth-order valence-electron chi connectivity index (χ4n) is 4.24. The molecule has 0 aromatic heterocycles. The van der Waals surface area contributed by atoms with E-state index in [2.05, 4.69) is 80.8 Å². The van der Waals surface area contributed by atoms with E-state index in [-0.39, 0.29) is 13.4 Å². The molecule has 3 N–H and O–H groups in total. The minimum absolute atomic E-state index is 0.107. The lowest BCUT2D eigenvalue weighted by Crippen LogP contribution is -2.48. The number of rotatable bonds is 5. The zero-order valence-electron chi connectivity index (χ0n) is 22.1. The number of halogens is 1. The van der Waals surface area contributed by atoms with Crippen LogP contribution >= 0.6 is 22.6 Å². The van der Waals surface area contributed by atoms with Crippen LogP contribution in [0.3, 0.4) is 0 Å². The van der Waals surface area contributed by atoms with Crippen LogP contribution in [0.2, 0.25) is 0 Å². The summed E-state index contributed by atoms with van der Waals surface area (Å²) in [5.41, 5.74) is 2.80. The second kappa shape index (κ2) is 10.4. The zero-order valence-corrected chi connectivity index (χ0v) is 24.2. The third-order valence-corrected chi connectivity index (χ3v) is 6.73. The van der Waals surface area contributed by atoms with E-state index in [1.54, 1.807) is 41.5 Å². The van der Waals surface area contributed by atoms with Crippen molar-refractivity contribution in [2.24, 2.45) is 0 Å². The van der Waals surface area contributed by atoms with Gasteiger partial charge in [0, 0.05) is 26.8 Å². The third kappa shape index (κ3) is 6.88. The molecule has 1 amide bonds. The molecule has 7 nitrogen and oxygen atoms in total. The smallest absolute Gasteiger partial charge is 0.408 e. The lowest BCUT2D eigenvalue weighted by Gasteiger charge is -2.28. The molecular weight excluding hydrogens is 580 g/mol. The van der Waals surface area contributed by atoms with Crippen molar-refractivity contribution in [3.63, 3.8) is 0 Å². The highest BCUT2D eigenvalue weighted by atomic mass is 127. The van der Waals surface area contributed by atoms with Crippen molar-refractivity contribution in [1.82, 2.24) is 5.32 Å². The van der Waals surface area contributed by atoms with Crippen molar-refractivity contribution < 1.29 is 19.1 Å². The molecule has 1 atom stereocenters. The predicted molar refractivity (Wildman–Crippen MR) is 158 cm³/mol. The van der Waals surface area contributed by atoms with Gasteiger partial charge in [-0.3, -0.25) is 0 Å². The summed E-state index contributed by atoms with van der Waals surface area (Å²) in [7, 11) is 0. The molecule has 1 unspecified atom stereocenters. The number of nitrogens with one attached hydrogen (secondary N) is 3. The first-order valence-corrected chi connectivity index (χ1v) is 13.4. The van der Waals surface area contributed by atoms with Crippen LogP contribution in [-0.2, 0) is 20.7 Å². The SMILES string of the molecule is CC(C)(C)OC(=O)NC(Cc1ccc(B2Nc3cccc4cccc(c34)N2)cc1I)C(=O)OC(C)(C)C. The minimum Gasteiger partial charge on any atom is -0.458 e. The Kier molecular flexibility index (Phi) is 7.64. The van der Waals surface area contributed by atoms with Gasteiger partial charge >= 0.3 is 19.0 Å². The van der Waals surface area contributed by atoms with E-state index in [9.17, 15) is 9.59 Å². The first kappa shape index (κ1) is 27.1. The van der Waals surface area contributed by atoms with E-state index in [1.165, 1.54) is 10.8 Å². The van der Waals surface area contributed by atoms with E-state index in [4.69, 9.17) is 9.47 Å². The van der Waals surface area contributed by atoms with Crippen LogP contribution < -0.4 is 21.2 Å². The Balaban J connectivity index is 1.54. The molecule has 0 fully saturated rings. The van der Waals surface area contributed by atoms with E-state index in [1.807, 2.05) is 12.1 Å². The average Bonchev–Trinajstić information content (AvgIpc) is 2.77. The quantitative estimate of drug-likeness (QED) is 0.202. The summed E-state index contributed by atoms with van der Waals surface area (Å²) in [6.07, 6.45) is -0.376. The number of hydrogen-bond acceptors (Lipinski definition) is 6. The number of ether oxygens (including phenoxy) is 2. The number of carbonyl (C=O) groups is 2. The molecule has 3 aromatic carbocycles. The van der Waals surface area contributed by atoms with Crippen LogP contribution in [0.5, 0.6) is 0 Å². The van der Waals surface area contributed by atoms with Crippen molar-refractivity contribution in [2.45, 2.75) is 65.2 Å². The fraction of sp³-hybridized carbons (Fsp3) is 0.357. The maximum atomic E-state index is 13.0. The van der Waals surface area contributed by atoms with Gasteiger partial charge in [-0.2, -0.15) is 0 Å². The Bertz CT molecular complexity index is 1290. The van der Waals surface area contributed by atoms with Gasteiger partial charge in [-0.15, -0.1) is 0 Å². The molecule has 0 saturated carbocycles. The maximum Gasteiger partial charge on any atom is 0.408 e. The van der Waals surface area contributed by atoms with Crippen LogP contribution in [0.1, 0.15) is 47.1 Å². The number of alkyl carbamates (subject to hydrolysis) is 1. The Morgan fingerprint density at radius 1 is 0.919 bits per heavy atom. The van der Waals surface area contributed by atoms with Crippen LogP contribution in [0.15, 0.2) is 54.6 Å². The molecule has 0 aliphatic carbocycles. The molecule has 1 heterocycles. The number of amides is 1. The molecule has 0 radical (unpaired) electrons. The van der Waals surface area contributed by atoms with Gasteiger partial charge in [0.05, 0.1) is 0 Å². The van der Waals surface area contributed by atoms with Crippen molar-refractivity contribution in [3.8, 4) is 0 Å². The summed E-state index contributed by atoms with van der Waals surface area (Å²) >= 11 is 2.28. The van der Waals surface area contributed by atoms with Gasteiger partial charge in [0.15, 0.2) is 0 Å². The number of hydrogen-bond donors (Lipinski definition) is 3. The minimum atomic E-state index is -0.885. The second-order valence-corrected chi connectivity index (χ2v) is 12.4. The number of esters is 1. The first-order valence-electron chi connectivity index (χ1n) is 12.3. The van der Waals surface area contributed by atoms with Crippen LogP contribution in [0.4, 0.5) is 16.2 Å². The summed E-state index contributed by atoms with van der Waals surface area (Å²) in [4.78, 5) is 25.5. The van der Waals surface area contributed by atoms with Crippen molar-refractivity contribution in [3.05, 3.63) is 63.7 Å². The van der Waals surface area contributed by atoms with Crippen LogP contribution in [0, 0.1) is 3.57 Å². The highest BCUT2D eigenvalue weighted by molar-refractivity contribution is 14.1. The van der Waals surface area contributed by atoms with Gasteiger partial charge in [0.1, 0.15) is 17.2 Å². The molecule has 194 valence electrons. The molecule has 0 spiro atoms. The number of anilines is 2. The molecule has 0 bridgehead atoms. The van der Waals surface area contributed by atoms with Gasteiger partial charge < -0.3 is 25.2 Å². The fourth-order valence-corrected chi connectivity index (χ4v) is 5.00. The summed E-state index contributed by atoms with van der Waals surface area (Å²) in [6, 6.07) is 17.7. The van der Waals surface area contributed by atoms with E-state index < -0.39 is 29.3 Å². The normalized spacial score (nSPS) is 13.9. The monoisotopic (exact) mass is 613 g/mol. The average molecular weight is 613 g/mol. The Morgan fingerprint density at radius 3 is 2.05 bits per heavy atom. The molecular formula is C28H33BIN3O4. The van der Waals surface area contributed by atoms with Crippen LogP contribution in [-0.4, -0.2) is 36.3 Å². The van der Waals surface area contributed by atoms with Crippen molar-refractivity contribution in [2.75, 3.05) is 10.5 Å². The molecule has 37 heavy (non-hydrogen) atoms. The maximum absolute atomic E-state index is 13.0. The molecule has 3 aromatic rings. The highest BCUT2D eigenvalue weighted by Gasteiger charge is 2.30. The van der Waals surface area contributed by atoms with E-state index in [0.717, 1.165) is 26.0 Å². The zero-order chi connectivity index (χ0) is 27.0. The Hall–Kier alpha value is -2.95. The van der Waals surface area contributed by atoms with Gasteiger partial charge in [0.2, 0.25) is 0 Å². The lowest BCUT2D eigenvalue weighted by molar-refractivity contribution is -0.157. The lowest BCUT2D eigenvalue weighted by atomic mass is 9.66. The summed E-state index contributed by atoms with van der Waals surface area (Å²) in [5.74, 6) is -0.501. The van der Waals surface area contributed by atoms with Crippen molar-refractivity contribution >= 4 is 69.2 Å². The van der Waals surface area contributed by atoms with Crippen molar-refractivity contribution in [1.29, 1.82) is 0 Å². The molecule has 9 heteroatoms. The van der Waals surface area contributed by atoms with Gasteiger partial charge in [-0.05, 0) is 92.7 Å². The Morgan fingerprint density at radius 2 is 1.51 bits per heavy atom. The highest BCUT2D eigenvalue weighted by Crippen LogP contribution is 2.34. The summed E-state index contributed by atoms with van der Waals surface area (Å²) in [5, 5.41) is 12.3. The van der Waals surface area contributed by atoms with Gasteiger partial charge in [-0.1, -0.05) is 42.5 Å². The number of benzene rings is 3. The Labute approximate surface area is 232 Å². The van der Waals surface area contributed by atoms with Gasteiger partial charge in [-0.25, -0.2) is 9.59 Å². The molecule has 0 saturated heterocycles. The standard InChI is InChI=1S/C28H33BIN3O4/c1-27(2,3)36-25(34)23(31-26(35)37-28(4,5)6)15-18-13-14-19(16-20(18)30)29-32-21-11-7-9-17-10-8-12-22(33-29)24(17)21/h7-14,16,23,32-33H,15H2,1-6H3,(H,31,35). The number of carbonyl (C=O) groups excluding carboxylic acids is 2. The summed E-state index contributed by atoms with van der Waals surface area (Å²) in [6.45, 7) is 10.6. The van der Waals surface area contributed by atoms with E-state index >= 15 is 0 Å². The van der Waals surface area contributed by atoms with Crippen LogP contribution in [0.25, 0.3) is 10.8 Å². The van der Waals surface area contributed by atoms with Gasteiger partial charge in [0.25, 0.3) is 0 Å². The summed E-state index contributed by atoms with van der Waals surface area (Å²) < 4.78 is 12.0. The predicted octanol–water partition coefficient (Wildman–Crippen LogP) is 5.45. The topological polar surface area (TPSA) is 88.7 Å². The first-order chi connectivity index (χ1) is 17.3. The second-order valence-electron chi connectivity index (χ2n) is 11.2. The molecule has 1 aliphatic heterocycles. The van der Waals surface area contributed by atoms with E-state index in [0.29, 0.717) is 0 Å². The molecule has 4 rings (SSSR count). The molecule has 1 aliphatic rings. The largest absolute Gasteiger partial charge is 0.458 e.